The van der Waals surface area contributed by atoms with Crippen molar-refractivity contribution in [1.82, 2.24) is 4.90 Å². The van der Waals surface area contributed by atoms with Crippen LogP contribution in [0.5, 0.6) is 5.75 Å². The zero-order valence-electron chi connectivity index (χ0n) is 11.5. The fraction of sp³-hybridized carbons (Fsp3) is 0.600. The molecule has 1 atom stereocenters. The van der Waals surface area contributed by atoms with Crippen LogP contribution in [0.2, 0.25) is 0 Å². The van der Waals surface area contributed by atoms with Crippen molar-refractivity contribution in [3.8, 4) is 5.75 Å². The smallest absolute Gasteiger partial charge is 0.123 e. The van der Waals surface area contributed by atoms with E-state index in [1.807, 2.05) is 6.07 Å². The first-order valence-corrected chi connectivity index (χ1v) is 6.80. The molecule has 3 nitrogen and oxygen atoms in total. The minimum Gasteiger partial charge on any atom is -0.492 e. The van der Waals surface area contributed by atoms with Gasteiger partial charge in [-0.05, 0) is 24.4 Å². The van der Waals surface area contributed by atoms with Gasteiger partial charge in [0.05, 0.1) is 0 Å². The summed E-state index contributed by atoms with van der Waals surface area (Å²) in [6.45, 7) is 8.97. The standard InChI is InChI=1S/C15H24N2O/c1-3-15(2,11-16)12-17-8-9-18-14-7-5-4-6-13(14)10-17/h4-7H,3,8-12,16H2,1-2H3. The van der Waals surface area contributed by atoms with Gasteiger partial charge in [-0.2, -0.15) is 0 Å². The summed E-state index contributed by atoms with van der Waals surface area (Å²) >= 11 is 0. The highest BCUT2D eigenvalue weighted by Gasteiger charge is 2.25. The maximum atomic E-state index is 5.91. The third-order valence-electron chi connectivity index (χ3n) is 3.98. The summed E-state index contributed by atoms with van der Waals surface area (Å²) in [7, 11) is 0. The molecule has 0 saturated carbocycles. The highest BCUT2D eigenvalue weighted by Crippen LogP contribution is 2.26. The highest BCUT2D eigenvalue weighted by atomic mass is 16.5. The van der Waals surface area contributed by atoms with Gasteiger partial charge in [0.2, 0.25) is 0 Å². The lowest BCUT2D eigenvalue weighted by molar-refractivity contribution is 0.147. The van der Waals surface area contributed by atoms with E-state index >= 15 is 0 Å². The largest absolute Gasteiger partial charge is 0.492 e. The van der Waals surface area contributed by atoms with Crippen molar-refractivity contribution in [1.29, 1.82) is 0 Å². The minimum absolute atomic E-state index is 0.208. The molecular formula is C15H24N2O. The first kappa shape index (κ1) is 13.4. The number of nitrogens with two attached hydrogens (primary N) is 1. The molecule has 1 aliphatic rings. The Balaban J connectivity index is 2.08. The number of ether oxygens (including phenoxy) is 1. The summed E-state index contributed by atoms with van der Waals surface area (Å²) in [4.78, 5) is 2.46. The predicted molar refractivity (Wildman–Crippen MR) is 74.7 cm³/mol. The third-order valence-corrected chi connectivity index (χ3v) is 3.98. The van der Waals surface area contributed by atoms with E-state index in [2.05, 4.69) is 36.9 Å². The van der Waals surface area contributed by atoms with Crippen LogP contribution in [0.3, 0.4) is 0 Å². The topological polar surface area (TPSA) is 38.5 Å². The second-order valence-corrected chi connectivity index (χ2v) is 5.54. The van der Waals surface area contributed by atoms with E-state index in [0.29, 0.717) is 0 Å². The molecule has 0 fully saturated rings. The van der Waals surface area contributed by atoms with Crippen molar-refractivity contribution in [3.63, 3.8) is 0 Å². The molecule has 0 aromatic heterocycles. The fourth-order valence-electron chi connectivity index (χ4n) is 2.38. The van der Waals surface area contributed by atoms with Gasteiger partial charge in [0.1, 0.15) is 12.4 Å². The summed E-state index contributed by atoms with van der Waals surface area (Å²) in [6.07, 6.45) is 1.11. The lowest BCUT2D eigenvalue weighted by atomic mass is 9.87. The van der Waals surface area contributed by atoms with Crippen LogP contribution in [0.25, 0.3) is 0 Å². The maximum Gasteiger partial charge on any atom is 0.123 e. The van der Waals surface area contributed by atoms with Crippen molar-refractivity contribution in [3.05, 3.63) is 29.8 Å². The van der Waals surface area contributed by atoms with Gasteiger partial charge in [-0.1, -0.05) is 32.0 Å². The Kier molecular flexibility index (Phi) is 4.25. The Morgan fingerprint density at radius 1 is 1.39 bits per heavy atom. The van der Waals surface area contributed by atoms with E-state index in [0.717, 1.165) is 45.0 Å². The van der Waals surface area contributed by atoms with Gasteiger partial charge < -0.3 is 10.5 Å². The van der Waals surface area contributed by atoms with E-state index in [1.165, 1.54) is 5.56 Å². The third kappa shape index (κ3) is 3.03. The van der Waals surface area contributed by atoms with Gasteiger partial charge in [-0.3, -0.25) is 4.90 Å². The number of hydrogen-bond donors (Lipinski definition) is 1. The maximum absolute atomic E-state index is 5.91. The number of para-hydroxylation sites is 1. The summed E-state index contributed by atoms with van der Waals surface area (Å²) in [5, 5.41) is 0. The quantitative estimate of drug-likeness (QED) is 0.888. The molecule has 0 radical (unpaired) electrons. The average molecular weight is 248 g/mol. The van der Waals surface area contributed by atoms with E-state index in [-0.39, 0.29) is 5.41 Å². The first-order valence-electron chi connectivity index (χ1n) is 6.80. The molecular weight excluding hydrogens is 224 g/mol. The molecule has 0 spiro atoms. The minimum atomic E-state index is 0.208. The molecule has 0 bridgehead atoms. The highest BCUT2D eigenvalue weighted by molar-refractivity contribution is 5.33. The Morgan fingerprint density at radius 2 is 2.17 bits per heavy atom. The molecule has 1 aliphatic heterocycles. The summed E-state index contributed by atoms with van der Waals surface area (Å²) in [6, 6.07) is 8.32. The number of hydrogen-bond acceptors (Lipinski definition) is 3. The number of benzene rings is 1. The van der Waals surface area contributed by atoms with Gasteiger partial charge in [0.25, 0.3) is 0 Å². The molecule has 3 heteroatoms. The Hall–Kier alpha value is -1.06. The SMILES string of the molecule is CCC(C)(CN)CN1CCOc2ccccc2C1. The molecule has 1 unspecified atom stereocenters. The van der Waals surface area contributed by atoms with E-state index in [1.54, 1.807) is 0 Å². The van der Waals surface area contributed by atoms with E-state index in [4.69, 9.17) is 10.5 Å². The molecule has 1 heterocycles. The van der Waals surface area contributed by atoms with Gasteiger partial charge in [-0.25, -0.2) is 0 Å². The van der Waals surface area contributed by atoms with Crippen molar-refractivity contribution in [2.24, 2.45) is 11.1 Å². The molecule has 1 aromatic carbocycles. The van der Waals surface area contributed by atoms with Crippen LogP contribution in [0, 0.1) is 5.41 Å². The molecule has 0 saturated heterocycles. The Morgan fingerprint density at radius 3 is 2.89 bits per heavy atom. The predicted octanol–water partition coefficient (Wildman–Crippen LogP) is 2.26. The lowest BCUT2D eigenvalue weighted by Gasteiger charge is -2.33. The van der Waals surface area contributed by atoms with Crippen molar-refractivity contribution in [2.75, 3.05) is 26.2 Å². The van der Waals surface area contributed by atoms with Gasteiger partial charge >= 0.3 is 0 Å². The van der Waals surface area contributed by atoms with Crippen LogP contribution in [-0.2, 0) is 6.54 Å². The van der Waals surface area contributed by atoms with Crippen molar-refractivity contribution >= 4 is 0 Å². The van der Waals surface area contributed by atoms with Crippen molar-refractivity contribution in [2.45, 2.75) is 26.8 Å². The molecule has 2 rings (SSSR count). The molecule has 1 aromatic rings. The zero-order valence-corrected chi connectivity index (χ0v) is 11.5. The normalized spacial score (nSPS) is 19.5. The van der Waals surface area contributed by atoms with Crippen molar-refractivity contribution < 1.29 is 4.74 Å². The first-order chi connectivity index (χ1) is 8.67. The molecule has 0 aliphatic carbocycles. The average Bonchev–Trinajstić information content (AvgIpc) is 2.60. The van der Waals surface area contributed by atoms with Crippen LogP contribution in [0.15, 0.2) is 24.3 Å². The van der Waals surface area contributed by atoms with Gasteiger partial charge in [0.15, 0.2) is 0 Å². The van der Waals surface area contributed by atoms with Crippen LogP contribution >= 0.6 is 0 Å². The molecule has 2 N–H and O–H groups in total. The van der Waals surface area contributed by atoms with Crippen LogP contribution < -0.4 is 10.5 Å². The van der Waals surface area contributed by atoms with Crippen LogP contribution in [0.1, 0.15) is 25.8 Å². The second kappa shape index (κ2) is 5.72. The molecule has 0 amide bonds. The lowest BCUT2D eigenvalue weighted by Crippen LogP contribution is -2.40. The van der Waals surface area contributed by atoms with E-state index in [9.17, 15) is 0 Å². The van der Waals surface area contributed by atoms with Gasteiger partial charge in [0, 0.05) is 25.2 Å². The van der Waals surface area contributed by atoms with Gasteiger partial charge in [-0.15, -0.1) is 0 Å². The Labute approximate surface area is 110 Å². The number of fused-ring (bicyclic) bond motifs is 1. The monoisotopic (exact) mass is 248 g/mol. The summed E-state index contributed by atoms with van der Waals surface area (Å²) in [5.74, 6) is 1.03. The Bertz CT molecular complexity index is 388. The molecule has 100 valence electrons. The zero-order chi connectivity index (χ0) is 13.0. The fourth-order valence-corrected chi connectivity index (χ4v) is 2.38. The second-order valence-electron chi connectivity index (χ2n) is 5.54. The summed E-state index contributed by atoms with van der Waals surface area (Å²) in [5.41, 5.74) is 7.40. The number of rotatable bonds is 4. The van der Waals surface area contributed by atoms with Crippen LogP contribution in [0.4, 0.5) is 0 Å². The summed E-state index contributed by atoms with van der Waals surface area (Å²) < 4.78 is 5.79. The number of nitrogens with zero attached hydrogens (tertiary/aromatic N) is 1. The van der Waals surface area contributed by atoms with E-state index < -0.39 is 0 Å². The molecule has 18 heavy (non-hydrogen) atoms. The van der Waals surface area contributed by atoms with Crippen LogP contribution in [-0.4, -0.2) is 31.1 Å².